The topological polar surface area (TPSA) is 123 Å². The van der Waals surface area contributed by atoms with Crippen molar-refractivity contribution in [3.8, 4) is 0 Å². The molecule has 2 aromatic rings. The maximum Gasteiger partial charge on any atom is 0.407 e. The van der Waals surface area contributed by atoms with Crippen molar-refractivity contribution in [2.24, 2.45) is 10.9 Å². The van der Waals surface area contributed by atoms with Gasteiger partial charge in [-0.2, -0.15) is 0 Å². The van der Waals surface area contributed by atoms with Gasteiger partial charge >= 0.3 is 6.09 Å². The molecule has 2 saturated carbocycles. The maximum atomic E-state index is 13.0. The number of aromatic nitrogens is 1. The third-order valence-corrected chi connectivity index (χ3v) is 6.74. The SMILES string of the molecule is C[C@H](CC(=O)N=C1CC[C@H](NC(=O)c2cc(C3CC3)on2)[C@H](Cc2ccccc2)C1)NC(=O)OC(C)(C)C. The van der Waals surface area contributed by atoms with Crippen LogP contribution in [-0.2, 0) is 16.0 Å². The van der Waals surface area contributed by atoms with E-state index in [1.54, 1.807) is 33.8 Å². The van der Waals surface area contributed by atoms with Crippen LogP contribution >= 0.6 is 0 Å². The molecule has 1 aromatic heterocycles. The number of nitrogens with one attached hydrogen (secondary N) is 2. The molecule has 0 saturated heterocycles. The lowest BCUT2D eigenvalue weighted by molar-refractivity contribution is -0.118. The van der Waals surface area contributed by atoms with E-state index in [1.165, 1.54) is 0 Å². The van der Waals surface area contributed by atoms with Crippen LogP contribution in [0.3, 0.4) is 0 Å². The van der Waals surface area contributed by atoms with Crippen LogP contribution in [-0.4, -0.2) is 46.5 Å². The molecule has 9 nitrogen and oxygen atoms in total. The molecular weight excluding hydrogens is 484 g/mol. The first kappa shape index (κ1) is 27.5. The van der Waals surface area contributed by atoms with Crippen molar-refractivity contribution in [2.75, 3.05) is 0 Å². The highest BCUT2D eigenvalue weighted by molar-refractivity contribution is 5.97. The molecular formula is C29H38N4O5. The lowest BCUT2D eigenvalue weighted by atomic mass is 9.79. The van der Waals surface area contributed by atoms with Crippen molar-refractivity contribution < 1.29 is 23.6 Å². The van der Waals surface area contributed by atoms with Crippen molar-refractivity contribution >= 4 is 23.6 Å². The molecule has 1 heterocycles. The van der Waals surface area contributed by atoms with Gasteiger partial charge in [-0.3, -0.25) is 9.59 Å². The third-order valence-electron chi connectivity index (χ3n) is 6.74. The van der Waals surface area contributed by atoms with Gasteiger partial charge in [0.15, 0.2) is 5.69 Å². The van der Waals surface area contributed by atoms with Crippen LogP contribution in [0.4, 0.5) is 4.79 Å². The second-order valence-corrected chi connectivity index (χ2v) is 11.5. The normalized spacial score (nSPS) is 21.5. The maximum absolute atomic E-state index is 13.0. The molecule has 204 valence electrons. The minimum absolute atomic E-state index is 0.0776. The Labute approximate surface area is 223 Å². The minimum Gasteiger partial charge on any atom is -0.444 e. The van der Waals surface area contributed by atoms with Crippen LogP contribution < -0.4 is 10.6 Å². The number of carbonyl (C=O) groups excluding carboxylic acids is 3. The van der Waals surface area contributed by atoms with Crippen molar-refractivity contribution in [1.82, 2.24) is 15.8 Å². The summed E-state index contributed by atoms with van der Waals surface area (Å²) in [6.45, 7) is 7.12. The van der Waals surface area contributed by atoms with Crippen molar-refractivity contribution in [3.63, 3.8) is 0 Å². The van der Waals surface area contributed by atoms with E-state index < -0.39 is 17.7 Å². The number of hydrogen-bond donors (Lipinski definition) is 2. The van der Waals surface area contributed by atoms with Gasteiger partial charge in [0.05, 0.1) is 0 Å². The summed E-state index contributed by atoms with van der Waals surface area (Å²) >= 11 is 0. The van der Waals surface area contributed by atoms with Gasteiger partial charge in [0.2, 0.25) is 5.91 Å². The summed E-state index contributed by atoms with van der Waals surface area (Å²) in [6.07, 6.45) is 4.33. The first-order chi connectivity index (χ1) is 18.1. The number of carbonyl (C=O) groups is 3. The summed E-state index contributed by atoms with van der Waals surface area (Å²) in [5.41, 5.74) is 1.69. The van der Waals surface area contributed by atoms with E-state index in [4.69, 9.17) is 9.26 Å². The van der Waals surface area contributed by atoms with Gasteiger partial charge in [-0.15, -0.1) is 0 Å². The van der Waals surface area contributed by atoms with Gasteiger partial charge in [-0.05, 0) is 77.7 Å². The number of aliphatic imine (C=N–C) groups is 1. The molecule has 2 aliphatic carbocycles. The second kappa shape index (κ2) is 11.9. The monoisotopic (exact) mass is 522 g/mol. The van der Waals surface area contributed by atoms with Gasteiger partial charge < -0.3 is 19.9 Å². The van der Waals surface area contributed by atoms with E-state index in [2.05, 4.69) is 32.9 Å². The van der Waals surface area contributed by atoms with E-state index in [1.807, 2.05) is 18.2 Å². The molecule has 4 rings (SSSR count). The fourth-order valence-electron chi connectivity index (χ4n) is 4.77. The number of ether oxygens (including phenoxy) is 1. The van der Waals surface area contributed by atoms with Crippen LogP contribution in [0, 0.1) is 5.92 Å². The van der Waals surface area contributed by atoms with Crippen molar-refractivity contribution in [2.45, 2.75) is 96.2 Å². The third kappa shape index (κ3) is 8.26. The van der Waals surface area contributed by atoms with Crippen molar-refractivity contribution in [1.29, 1.82) is 0 Å². The summed E-state index contributed by atoms with van der Waals surface area (Å²) in [4.78, 5) is 42.0. The minimum atomic E-state index is -0.608. The Bertz CT molecular complexity index is 1160. The average molecular weight is 523 g/mol. The van der Waals surface area contributed by atoms with Gasteiger partial charge in [0.25, 0.3) is 5.91 Å². The second-order valence-electron chi connectivity index (χ2n) is 11.5. The molecule has 9 heteroatoms. The van der Waals surface area contributed by atoms with Gasteiger partial charge in [0, 0.05) is 36.2 Å². The van der Waals surface area contributed by atoms with Crippen LogP contribution in [0.2, 0.25) is 0 Å². The first-order valence-electron chi connectivity index (χ1n) is 13.5. The zero-order valence-electron chi connectivity index (χ0n) is 22.7. The highest BCUT2D eigenvalue weighted by atomic mass is 16.6. The highest BCUT2D eigenvalue weighted by Crippen LogP contribution is 2.40. The molecule has 0 spiro atoms. The summed E-state index contributed by atoms with van der Waals surface area (Å²) in [5.74, 6) is 0.738. The number of nitrogens with zero attached hydrogens (tertiary/aromatic N) is 2. The predicted octanol–water partition coefficient (Wildman–Crippen LogP) is 4.96. The number of rotatable bonds is 8. The van der Waals surface area contributed by atoms with E-state index >= 15 is 0 Å². The number of alkyl carbamates (subject to hydrolysis) is 1. The quantitative estimate of drug-likeness (QED) is 0.505. The molecule has 2 fully saturated rings. The Balaban J connectivity index is 1.38. The van der Waals surface area contributed by atoms with Crippen LogP contribution in [0.5, 0.6) is 0 Å². The molecule has 2 aliphatic rings. The van der Waals surface area contributed by atoms with Crippen molar-refractivity contribution in [3.05, 3.63) is 53.4 Å². The molecule has 0 bridgehead atoms. The van der Waals surface area contributed by atoms with Gasteiger partial charge in [0.1, 0.15) is 11.4 Å². The Kier molecular flexibility index (Phi) is 8.64. The Hall–Kier alpha value is -3.49. The van der Waals surface area contributed by atoms with E-state index in [-0.39, 0.29) is 30.2 Å². The van der Waals surface area contributed by atoms with E-state index in [9.17, 15) is 14.4 Å². The lowest BCUT2D eigenvalue weighted by Crippen LogP contribution is -2.45. The van der Waals surface area contributed by atoms with Crippen LogP contribution in [0.1, 0.15) is 93.9 Å². The fraction of sp³-hybridized carbons (Fsp3) is 0.552. The van der Waals surface area contributed by atoms with Gasteiger partial charge in [-0.25, -0.2) is 9.79 Å². The van der Waals surface area contributed by atoms with E-state index in [0.717, 1.165) is 36.3 Å². The number of hydrogen-bond acceptors (Lipinski definition) is 6. The molecule has 3 atom stereocenters. The Morgan fingerprint density at radius 2 is 1.89 bits per heavy atom. The summed E-state index contributed by atoms with van der Waals surface area (Å²) in [7, 11) is 0. The first-order valence-corrected chi connectivity index (χ1v) is 13.5. The lowest BCUT2D eigenvalue weighted by Gasteiger charge is -2.33. The molecule has 2 N–H and O–H groups in total. The summed E-state index contributed by atoms with van der Waals surface area (Å²) in [6, 6.07) is 11.4. The average Bonchev–Trinajstić information content (AvgIpc) is 3.56. The number of benzene rings is 1. The molecule has 0 aliphatic heterocycles. The zero-order chi connectivity index (χ0) is 27.3. The largest absolute Gasteiger partial charge is 0.444 e. The van der Waals surface area contributed by atoms with Crippen LogP contribution in [0.15, 0.2) is 45.9 Å². The summed E-state index contributed by atoms with van der Waals surface area (Å²) in [5, 5.41) is 9.83. The smallest absolute Gasteiger partial charge is 0.407 e. The highest BCUT2D eigenvalue weighted by Gasteiger charge is 2.33. The van der Waals surface area contributed by atoms with E-state index in [0.29, 0.717) is 30.9 Å². The van der Waals surface area contributed by atoms with Crippen LogP contribution in [0.25, 0.3) is 0 Å². The molecule has 0 unspecified atom stereocenters. The molecule has 1 aromatic carbocycles. The predicted molar refractivity (Wildman–Crippen MR) is 143 cm³/mol. The molecule has 0 radical (unpaired) electrons. The zero-order valence-corrected chi connectivity index (χ0v) is 22.7. The standard InChI is InChI=1S/C29H38N4O5/c1-18(30-28(36)37-29(2,3)4)14-26(34)31-22-12-13-23(21(16-22)15-19-8-6-5-7-9-19)32-27(35)24-17-25(38-33-24)20-10-11-20/h5-9,17-18,20-21,23H,10-16H2,1-4H3,(H,30,36)(H,32,35)/t18-,21-,23+/m1/s1. The number of amides is 3. The van der Waals surface area contributed by atoms with Gasteiger partial charge in [-0.1, -0.05) is 35.5 Å². The molecule has 38 heavy (non-hydrogen) atoms. The Morgan fingerprint density at radius 1 is 1.16 bits per heavy atom. The fourth-order valence-corrected chi connectivity index (χ4v) is 4.77. The molecule has 3 amide bonds. The summed E-state index contributed by atoms with van der Waals surface area (Å²) < 4.78 is 10.6. The Morgan fingerprint density at radius 3 is 2.58 bits per heavy atom.